The van der Waals surface area contributed by atoms with Crippen molar-refractivity contribution in [2.45, 2.75) is 43.4 Å². The van der Waals surface area contributed by atoms with E-state index in [0.717, 1.165) is 4.90 Å². The molecular formula is C23H21N3O8S. The predicted octanol–water partition coefficient (Wildman–Crippen LogP) is 3.74. The van der Waals surface area contributed by atoms with E-state index in [9.17, 15) is 29.6 Å². The number of aromatic nitrogens is 1. The van der Waals surface area contributed by atoms with Gasteiger partial charge in [0.1, 0.15) is 17.9 Å². The van der Waals surface area contributed by atoms with Gasteiger partial charge in [-0.15, -0.1) is 0 Å². The van der Waals surface area contributed by atoms with Crippen LogP contribution in [-0.4, -0.2) is 49.6 Å². The Kier molecular flexibility index (Phi) is 6.48. The van der Waals surface area contributed by atoms with Gasteiger partial charge in [-0.25, -0.2) is 9.59 Å². The summed E-state index contributed by atoms with van der Waals surface area (Å²) >= 11 is 1.24. The number of rotatable bonds is 8. The highest BCUT2D eigenvalue weighted by Crippen LogP contribution is 2.51. The summed E-state index contributed by atoms with van der Waals surface area (Å²) in [5.41, 5.74) is -0.887. The second-order valence-electron chi connectivity index (χ2n) is 8.49. The van der Waals surface area contributed by atoms with Gasteiger partial charge in [0.15, 0.2) is 0 Å². The third-order valence-electron chi connectivity index (χ3n) is 5.80. The number of hydrogen-bond donors (Lipinski definition) is 1. The molecule has 2 atom stereocenters. The molecule has 0 radical (unpaired) electrons. The van der Waals surface area contributed by atoms with E-state index in [0.29, 0.717) is 16.9 Å². The fraction of sp³-hybridized carbons (Fsp3) is 0.304. The number of nitro benzene ring substituents is 1. The minimum Gasteiger partial charge on any atom is -0.477 e. The zero-order valence-corrected chi connectivity index (χ0v) is 19.6. The van der Waals surface area contributed by atoms with E-state index in [1.807, 2.05) is 0 Å². The van der Waals surface area contributed by atoms with Crippen LogP contribution >= 0.6 is 11.8 Å². The number of pyridine rings is 1. The second-order valence-corrected chi connectivity index (χ2v) is 9.66. The van der Waals surface area contributed by atoms with Crippen LogP contribution < -0.4 is 0 Å². The fourth-order valence-corrected chi connectivity index (χ4v) is 5.32. The molecule has 1 saturated heterocycles. The standard InChI is InChI=1S/C23H21N3O8S/c1-23(2,34-22(30)33-12-13-5-7-14(8-6-13)26(31)32)18-16-10-17(35-15-4-3-9-24-11-15)19(21(28)29)25(16)20(18)27/h3-9,11,16,18H,10,12H2,1-2H3,(H,28,29)/t16-,18+/m1/s1. The normalized spacial score (nSPS) is 19.1. The van der Waals surface area contributed by atoms with Crippen molar-refractivity contribution in [3.63, 3.8) is 0 Å². The van der Waals surface area contributed by atoms with Crippen molar-refractivity contribution in [3.8, 4) is 0 Å². The zero-order valence-electron chi connectivity index (χ0n) is 18.7. The first-order chi connectivity index (χ1) is 16.6. The van der Waals surface area contributed by atoms with Gasteiger partial charge in [-0.2, -0.15) is 0 Å². The van der Waals surface area contributed by atoms with Crippen molar-refractivity contribution < 1.29 is 33.9 Å². The maximum atomic E-state index is 13.0. The van der Waals surface area contributed by atoms with Gasteiger partial charge >= 0.3 is 12.1 Å². The molecule has 35 heavy (non-hydrogen) atoms. The Morgan fingerprint density at radius 3 is 2.60 bits per heavy atom. The summed E-state index contributed by atoms with van der Waals surface area (Å²) < 4.78 is 10.6. The minimum absolute atomic E-state index is 0.0679. The molecule has 1 amide bonds. The van der Waals surface area contributed by atoms with Crippen molar-refractivity contribution in [2.75, 3.05) is 0 Å². The minimum atomic E-state index is -1.26. The third kappa shape index (κ3) is 4.83. The van der Waals surface area contributed by atoms with Gasteiger partial charge in [0.25, 0.3) is 5.69 Å². The van der Waals surface area contributed by atoms with Gasteiger partial charge in [0.2, 0.25) is 5.91 Å². The van der Waals surface area contributed by atoms with E-state index in [2.05, 4.69) is 4.98 Å². The Hall–Kier alpha value is -3.93. The van der Waals surface area contributed by atoms with Crippen molar-refractivity contribution in [3.05, 3.63) is 75.1 Å². The molecule has 1 N–H and O–H groups in total. The average molecular weight is 500 g/mol. The lowest BCUT2D eigenvalue weighted by molar-refractivity contribution is -0.384. The Labute approximate surface area is 203 Å². The van der Waals surface area contributed by atoms with Crippen LogP contribution in [0.15, 0.2) is 64.3 Å². The predicted molar refractivity (Wildman–Crippen MR) is 122 cm³/mol. The molecule has 0 unspecified atom stereocenters. The highest BCUT2D eigenvalue weighted by atomic mass is 32.2. The summed E-state index contributed by atoms with van der Waals surface area (Å²) in [5, 5.41) is 20.5. The van der Waals surface area contributed by atoms with Crippen LogP contribution in [0.1, 0.15) is 25.8 Å². The van der Waals surface area contributed by atoms with E-state index in [-0.39, 0.29) is 18.0 Å². The summed E-state index contributed by atoms with van der Waals surface area (Å²) in [6.07, 6.45) is 2.52. The van der Waals surface area contributed by atoms with E-state index < -0.39 is 40.5 Å². The van der Waals surface area contributed by atoms with Gasteiger partial charge < -0.3 is 19.5 Å². The largest absolute Gasteiger partial charge is 0.509 e. The number of aliphatic carboxylic acids is 1. The van der Waals surface area contributed by atoms with Crippen LogP contribution in [0.25, 0.3) is 0 Å². The summed E-state index contributed by atoms with van der Waals surface area (Å²) in [6, 6.07) is 8.58. The molecule has 0 aliphatic carbocycles. The average Bonchev–Trinajstić information content (AvgIpc) is 3.11. The number of β-lactam (4-membered cyclic amide) rings is 1. The SMILES string of the molecule is CC(C)(OC(=O)OCc1ccc([N+](=O)[O-])cc1)[C@@H]1C(=O)N2C(C(=O)O)=C(Sc3cccnc3)C[C@H]12. The molecule has 12 heteroatoms. The Bertz CT molecular complexity index is 1210. The highest BCUT2D eigenvalue weighted by molar-refractivity contribution is 8.03. The van der Waals surface area contributed by atoms with Gasteiger partial charge in [0.05, 0.1) is 16.9 Å². The summed E-state index contributed by atoms with van der Waals surface area (Å²) in [5.74, 6) is -2.40. The number of carboxylic acids is 1. The van der Waals surface area contributed by atoms with E-state index in [4.69, 9.17) is 9.47 Å². The lowest BCUT2D eigenvalue weighted by atomic mass is 9.76. The fourth-order valence-electron chi connectivity index (χ4n) is 4.24. The number of hydrogen-bond acceptors (Lipinski definition) is 9. The summed E-state index contributed by atoms with van der Waals surface area (Å²) in [7, 11) is 0. The Morgan fingerprint density at radius 1 is 1.29 bits per heavy atom. The van der Waals surface area contributed by atoms with Gasteiger partial charge in [0, 0.05) is 40.7 Å². The number of carbonyl (C=O) groups is 3. The zero-order chi connectivity index (χ0) is 25.3. The van der Waals surface area contributed by atoms with Crippen LogP contribution in [0, 0.1) is 16.0 Å². The second kappa shape index (κ2) is 9.37. The molecule has 2 aliphatic rings. The van der Waals surface area contributed by atoms with Gasteiger partial charge in [-0.05, 0) is 43.7 Å². The topological polar surface area (TPSA) is 149 Å². The van der Waals surface area contributed by atoms with Crippen LogP contribution in [0.5, 0.6) is 0 Å². The first-order valence-corrected chi connectivity index (χ1v) is 11.4. The lowest BCUT2D eigenvalue weighted by Gasteiger charge is -2.49. The van der Waals surface area contributed by atoms with Gasteiger partial charge in [-0.1, -0.05) is 11.8 Å². The number of thioether (sulfide) groups is 1. The highest BCUT2D eigenvalue weighted by Gasteiger charge is 2.61. The lowest BCUT2D eigenvalue weighted by Crippen LogP contribution is -2.66. The maximum absolute atomic E-state index is 13.0. The number of nitrogens with zero attached hydrogens (tertiary/aromatic N) is 3. The summed E-state index contributed by atoms with van der Waals surface area (Å²) in [4.78, 5) is 54.0. The van der Waals surface area contributed by atoms with E-state index in [1.54, 1.807) is 38.4 Å². The van der Waals surface area contributed by atoms with Crippen LogP contribution in [-0.2, 0) is 25.7 Å². The third-order valence-corrected chi connectivity index (χ3v) is 6.88. The van der Waals surface area contributed by atoms with E-state index in [1.165, 1.54) is 40.9 Å². The number of amides is 1. The molecule has 2 aliphatic heterocycles. The molecule has 3 heterocycles. The summed E-state index contributed by atoms with van der Waals surface area (Å²) in [6.45, 7) is 2.98. The number of fused-ring (bicyclic) bond motifs is 1. The molecule has 2 aromatic rings. The molecule has 0 saturated carbocycles. The quantitative estimate of drug-likeness (QED) is 0.246. The molecule has 0 bridgehead atoms. The number of carboxylic acid groups (broad SMARTS) is 1. The molecule has 1 fully saturated rings. The van der Waals surface area contributed by atoms with E-state index >= 15 is 0 Å². The van der Waals surface area contributed by atoms with Crippen LogP contribution in [0.4, 0.5) is 10.5 Å². The molecule has 1 aromatic carbocycles. The monoisotopic (exact) mass is 499 g/mol. The number of nitro groups is 1. The number of non-ortho nitro benzene ring substituents is 1. The number of benzene rings is 1. The Morgan fingerprint density at radius 2 is 2.00 bits per heavy atom. The Balaban J connectivity index is 1.40. The van der Waals surface area contributed by atoms with Crippen molar-refractivity contribution in [2.24, 2.45) is 5.92 Å². The van der Waals surface area contributed by atoms with Crippen LogP contribution in [0.3, 0.4) is 0 Å². The molecule has 4 rings (SSSR count). The van der Waals surface area contributed by atoms with Crippen molar-refractivity contribution in [1.82, 2.24) is 9.88 Å². The molecule has 0 spiro atoms. The van der Waals surface area contributed by atoms with Crippen molar-refractivity contribution in [1.29, 1.82) is 0 Å². The van der Waals surface area contributed by atoms with Crippen molar-refractivity contribution >= 4 is 35.5 Å². The first kappa shape index (κ1) is 24.2. The number of ether oxygens (including phenoxy) is 2. The van der Waals surface area contributed by atoms with Gasteiger partial charge in [-0.3, -0.25) is 19.9 Å². The number of carbonyl (C=O) groups excluding carboxylic acids is 2. The molecular weight excluding hydrogens is 478 g/mol. The molecule has 182 valence electrons. The maximum Gasteiger partial charge on any atom is 0.509 e. The molecule has 11 nitrogen and oxygen atoms in total. The smallest absolute Gasteiger partial charge is 0.477 e. The molecule has 1 aromatic heterocycles. The van der Waals surface area contributed by atoms with Crippen LogP contribution in [0.2, 0.25) is 0 Å². The first-order valence-electron chi connectivity index (χ1n) is 10.5.